The minimum Gasteiger partial charge on any atom is -0.325 e. The van der Waals surface area contributed by atoms with E-state index < -0.39 is 0 Å². The van der Waals surface area contributed by atoms with Gasteiger partial charge in [-0.3, -0.25) is 4.79 Å². The Morgan fingerprint density at radius 2 is 2.19 bits per heavy atom. The lowest BCUT2D eigenvalue weighted by atomic mass is 10.3. The van der Waals surface area contributed by atoms with E-state index in [-0.39, 0.29) is 5.91 Å². The summed E-state index contributed by atoms with van der Waals surface area (Å²) in [6, 6.07) is 3.78. The Balaban J connectivity index is 2.43. The topological polar surface area (TPSA) is 46.4 Å². The molecule has 84 valence electrons. The van der Waals surface area contributed by atoms with Crippen LogP contribution in [0.2, 0.25) is 0 Å². The Morgan fingerprint density at radius 1 is 1.44 bits per heavy atom. The van der Waals surface area contributed by atoms with Gasteiger partial charge in [0.1, 0.15) is 5.65 Å². The van der Waals surface area contributed by atoms with Crippen molar-refractivity contribution in [3.63, 3.8) is 0 Å². The minimum absolute atomic E-state index is 0.0221. The van der Waals surface area contributed by atoms with Crippen LogP contribution in [0.3, 0.4) is 0 Å². The number of imidazole rings is 1. The summed E-state index contributed by atoms with van der Waals surface area (Å²) in [6.45, 7) is 5.83. The van der Waals surface area contributed by atoms with Gasteiger partial charge in [0.05, 0.1) is 11.4 Å². The number of nitrogens with zero attached hydrogens (tertiary/aromatic N) is 2. The van der Waals surface area contributed by atoms with Gasteiger partial charge in [0.15, 0.2) is 0 Å². The molecular formula is C12H15N3O. The predicted molar refractivity (Wildman–Crippen MR) is 63.6 cm³/mol. The molecule has 16 heavy (non-hydrogen) atoms. The molecule has 2 aromatic heterocycles. The van der Waals surface area contributed by atoms with Gasteiger partial charge in [-0.1, -0.05) is 6.92 Å². The maximum atomic E-state index is 11.3. The van der Waals surface area contributed by atoms with E-state index in [4.69, 9.17) is 0 Å². The molecule has 1 amide bonds. The SMILES string of the molecule is CCC(=O)Nc1ccc2nc(C)c(C)n2c1. The number of rotatable bonds is 2. The molecule has 2 aromatic rings. The van der Waals surface area contributed by atoms with Crippen LogP contribution in [0.4, 0.5) is 5.69 Å². The Bertz CT molecular complexity index is 542. The molecule has 0 spiro atoms. The number of aromatic nitrogens is 2. The summed E-state index contributed by atoms with van der Waals surface area (Å²) in [5.74, 6) is 0.0221. The van der Waals surface area contributed by atoms with Gasteiger partial charge in [0, 0.05) is 18.3 Å². The molecule has 0 aromatic carbocycles. The maximum Gasteiger partial charge on any atom is 0.224 e. The fraction of sp³-hybridized carbons (Fsp3) is 0.333. The van der Waals surface area contributed by atoms with E-state index in [1.807, 2.05) is 43.5 Å². The van der Waals surface area contributed by atoms with E-state index in [0.29, 0.717) is 6.42 Å². The average Bonchev–Trinajstić information content (AvgIpc) is 2.55. The zero-order valence-corrected chi connectivity index (χ0v) is 9.74. The Hall–Kier alpha value is -1.84. The van der Waals surface area contributed by atoms with Gasteiger partial charge in [-0.25, -0.2) is 4.98 Å². The molecule has 0 aliphatic rings. The van der Waals surface area contributed by atoms with Crippen molar-refractivity contribution >= 4 is 17.2 Å². The van der Waals surface area contributed by atoms with Gasteiger partial charge in [-0.05, 0) is 26.0 Å². The molecule has 0 fully saturated rings. The first kappa shape index (κ1) is 10.7. The average molecular weight is 217 g/mol. The number of nitrogens with one attached hydrogen (secondary N) is 1. The van der Waals surface area contributed by atoms with E-state index in [0.717, 1.165) is 22.7 Å². The molecular weight excluding hydrogens is 202 g/mol. The van der Waals surface area contributed by atoms with Crippen molar-refractivity contribution in [2.24, 2.45) is 0 Å². The molecule has 2 rings (SSSR count). The molecule has 0 saturated carbocycles. The van der Waals surface area contributed by atoms with Crippen LogP contribution in [0.25, 0.3) is 5.65 Å². The number of amides is 1. The van der Waals surface area contributed by atoms with Gasteiger partial charge in [-0.15, -0.1) is 0 Å². The normalized spacial score (nSPS) is 10.7. The lowest BCUT2D eigenvalue weighted by Crippen LogP contribution is -2.09. The van der Waals surface area contributed by atoms with Gasteiger partial charge in [-0.2, -0.15) is 0 Å². The van der Waals surface area contributed by atoms with E-state index in [1.165, 1.54) is 0 Å². The summed E-state index contributed by atoms with van der Waals surface area (Å²) < 4.78 is 1.99. The summed E-state index contributed by atoms with van der Waals surface area (Å²) in [4.78, 5) is 15.7. The first-order valence-electron chi connectivity index (χ1n) is 5.37. The highest BCUT2D eigenvalue weighted by Gasteiger charge is 2.05. The van der Waals surface area contributed by atoms with E-state index >= 15 is 0 Å². The first-order chi connectivity index (χ1) is 7.61. The van der Waals surface area contributed by atoms with E-state index in [1.54, 1.807) is 0 Å². The second kappa shape index (κ2) is 3.96. The molecule has 0 saturated heterocycles. The Labute approximate surface area is 94.3 Å². The van der Waals surface area contributed by atoms with Gasteiger partial charge < -0.3 is 9.72 Å². The number of aryl methyl sites for hydroxylation is 2. The number of anilines is 1. The first-order valence-corrected chi connectivity index (χ1v) is 5.37. The van der Waals surface area contributed by atoms with Crippen molar-refractivity contribution in [3.05, 3.63) is 29.7 Å². The zero-order chi connectivity index (χ0) is 11.7. The molecule has 0 unspecified atom stereocenters. The van der Waals surface area contributed by atoms with Gasteiger partial charge in [0.25, 0.3) is 0 Å². The van der Waals surface area contributed by atoms with Gasteiger partial charge >= 0.3 is 0 Å². The third-order valence-corrected chi connectivity index (χ3v) is 2.70. The number of fused-ring (bicyclic) bond motifs is 1. The van der Waals surface area contributed by atoms with E-state index in [2.05, 4.69) is 10.3 Å². The Kier molecular flexibility index (Phi) is 2.64. The quantitative estimate of drug-likeness (QED) is 0.839. The van der Waals surface area contributed by atoms with Gasteiger partial charge in [0.2, 0.25) is 5.91 Å². The van der Waals surface area contributed by atoms with Crippen LogP contribution in [0, 0.1) is 13.8 Å². The second-order valence-corrected chi connectivity index (χ2v) is 3.83. The smallest absolute Gasteiger partial charge is 0.224 e. The van der Waals surface area contributed by atoms with Crippen LogP contribution in [0.15, 0.2) is 18.3 Å². The minimum atomic E-state index is 0.0221. The fourth-order valence-electron chi connectivity index (χ4n) is 1.60. The van der Waals surface area contributed by atoms with Crippen molar-refractivity contribution in [2.45, 2.75) is 27.2 Å². The van der Waals surface area contributed by atoms with E-state index in [9.17, 15) is 4.79 Å². The maximum absolute atomic E-state index is 11.3. The summed E-state index contributed by atoms with van der Waals surface area (Å²) in [6.07, 6.45) is 2.39. The molecule has 0 aliphatic carbocycles. The highest BCUT2D eigenvalue weighted by molar-refractivity contribution is 5.90. The van der Waals surface area contributed by atoms with Crippen molar-refractivity contribution in [1.82, 2.24) is 9.38 Å². The number of hydrogen-bond acceptors (Lipinski definition) is 2. The van der Waals surface area contributed by atoms with Crippen molar-refractivity contribution < 1.29 is 4.79 Å². The van der Waals surface area contributed by atoms with Crippen LogP contribution < -0.4 is 5.32 Å². The standard InChI is InChI=1S/C12H15N3O/c1-4-12(16)14-10-5-6-11-13-8(2)9(3)15(11)7-10/h5-7H,4H2,1-3H3,(H,14,16). The summed E-state index contributed by atoms with van der Waals surface area (Å²) in [5.41, 5.74) is 3.82. The predicted octanol–water partition coefficient (Wildman–Crippen LogP) is 2.30. The van der Waals surface area contributed by atoms with Crippen molar-refractivity contribution in [3.8, 4) is 0 Å². The number of hydrogen-bond donors (Lipinski definition) is 1. The zero-order valence-electron chi connectivity index (χ0n) is 9.74. The van der Waals surface area contributed by atoms with Crippen LogP contribution in [-0.2, 0) is 4.79 Å². The number of pyridine rings is 1. The highest BCUT2D eigenvalue weighted by atomic mass is 16.1. The van der Waals surface area contributed by atoms with Crippen LogP contribution in [0.5, 0.6) is 0 Å². The fourth-order valence-corrected chi connectivity index (χ4v) is 1.60. The summed E-state index contributed by atoms with van der Waals surface area (Å²) >= 11 is 0. The number of carbonyl (C=O) groups is 1. The summed E-state index contributed by atoms with van der Waals surface area (Å²) in [7, 11) is 0. The molecule has 4 nitrogen and oxygen atoms in total. The molecule has 0 radical (unpaired) electrons. The lowest BCUT2D eigenvalue weighted by Gasteiger charge is -2.04. The lowest BCUT2D eigenvalue weighted by molar-refractivity contribution is -0.115. The van der Waals surface area contributed by atoms with Crippen molar-refractivity contribution in [1.29, 1.82) is 0 Å². The molecule has 0 aliphatic heterocycles. The van der Waals surface area contributed by atoms with Crippen LogP contribution in [-0.4, -0.2) is 15.3 Å². The monoisotopic (exact) mass is 217 g/mol. The van der Waals surface area contributed by atoms with Crippen LogP contribution in [0.1, 0.15) is 24.7 Å². The molecule has 1 N–H and O–H groups in total. The van der Waals surface area contributed by atoms with Crippen molar-refractivity contribution in [2.75, 3.05) is 5.32 Å². The molecule has 2 heterocycles. The molecule has 0 atom stereocenters. The van der Waals surface area contributed by atoms with Crippen LogP contribution >= 0.6 is 0 Å². The largest absolute Gasteiger partial charge is 0.325 e. The summed E-state index contributed by atoms with van der Waals surface area (Å²) in [5, 5.41) is 2.83. The Morgan fingerprint density at radius 3 is 2.88 bits per heavy atom. The third-order valence-electron chi connectivity index (χ3n) is 2.70. The third kappa shape index (κ3) is 1.78. The molecule has 4 heteroatoms. The number of carbonyl (C=O) groups excluding carboxylic acids is 1. The second-order valence-electron chi connectivity index (χ2n) is 3.83. The molecule has 0 bridgehead atoms. The highest BCUT2D eigenvalue weighted by Crippen LogP contribution is 2.15.